The molecule has 0 atom stereocenters. The van der Waals surface area contributed by atoms with Gasteiger partial charge in [-0.25, -0.2) is 4.79 Å². The molecule has 0 spiro atoms. The fourth-order valence-corrected chi connectivity index (χ4v) is 0. The van der Waals surface area contributed by atoms with Gasteiger partial charge in [0.1, 0.15) is 0 Å². The normalized spacial score (nSPS) is 4.71. The van der Waals surface area contributed by atoms with Gasteiger partial charge in [0, 0.05) is 17.1 Å². The minimum absolute atomic E-state index is 0. The van der Waals surface area contributed by atoms with E-state index in [-0.39, 0.29) is 43.3 Å². The van der Waals surface area contributed by atoms with Crippen LogP contribution in [0.2, 0.25) is 0 Å². The molecule has 0 rings (SSSR count). The summed E-state index contributed by atoms with van der Waals surface area (Å²) in [5.74, 6) is 0. The molecule has 0 aliphatic heterocycles. The molecule has 0 fully saturated rings. The van der Waals surface area contributed by atoms with Crippen LogP contribution in [0.3, 0.4) is 0 Å². The number of hydrogen-bond acceptors (Lipinski definition) is 3. The maximum Gasteiger partial charge on any atom is 0 e. The number of hydrogen-bond donors (Lipinski definition) is 2. The van der Waals surface area contributed by atoms with Crippen LogP contribution < -0.4 is 0 Å². The average Bonchev–Trinajstić information content (AvgIpc) is 1.38. The van der Waals surface area contributed by atoms with Gasteiger partial charge < -0.3 is 5.11 Å². The van der Waals surface area contributed by atoms with E-state index >= 15 is 0 Å². The molecular weight excluding hydrogens is 349 g/mol. The van der Waals surface area contributed by atoms with Gasteiger partial charge in [0.15, 0.2) is 0 Å². The van der Waals surface area contributed by atoms with E-state index in [4.69, 9.17) is 15.2 Å². The molecule has 2 N–H and O–H groups in total. The van der Waals surface area contributed by atoms with E-state index in [1.807, 2.05) is 0 Å². The molecule has 49 valence electrons. The second-order valence-corrected chi connectivity index (χ2v) is 0.357. The standard InChI is InChI=1S/CH2O4.Bi.Cu.3H/c2-1(3)5-4;;;;;/h4H,(H,2,3);;;;;. The second-order valence-electron chi connectivity index (χ2n) is 0.357. The van der Waals surface area contributed by atoms with Gasteiger partial charge in [-0.05, 0) is 0 Å². The fraction of sp³-hybridized carbons (Fsp3) is 0. The Morgan fingerprint density at radius 1 is 1.57 bits per heavy atom. The van der Waals surface area contributed by atoms with E-state index in [9.17, 15) is 0 Å². The minimum atomic E-state index is -1.69. The van der Waals surface area contributed by atoms with Gasteiger partial charge in [-0.1, -0.05) is 0 Å². The van der Waals surface area contributed by atoms with E-state index < -0.39 is 6.16 Å². The van der Waals surface area contributed by atoms with Gasteiger partial charge in [-0.15, -0.1) is 0 Å². The van der Waals surface area contributed by atoms with Crippen LogP contribution in [0.25, 0.3) is 0 Å². The van der Waals surface area contributed by atoms with Crippen molar-refractivity contribution in [3.63, 3.8) is 0 Å². The van der Waals surface area contributed by atoms with E-state index in [0.29, 0.717) is 0 Å². The Labute approximate surface area is 69.4 Å². The number of carbonyl (C=O) groups is 1. The summed E-state index contributed by atoms with van der Waals surface area (Å²) in [4.78, 5) is 11.6. The topological polar surface area (TPSA) is 66.8 Å². The molecule has 7 heavy (non-hydrogen) atoms. The smallest absolute Gasteiger partial charge is 0 e. The van der Waals surface area contributed by atoms with Crippen LogP contribution in [0.1, 0.15) is 0 Å². The third-order valence-electron chi connectivity index (χ3n) is 0.0781. The Morgan fingerprint density at radius 3 is 1.71 bits per heavy atom. The maximum absolute atomic E-state index is 8.90. The quantitative estimate of drug-likeness (QED) is 0.332. The third-order valence-corrected chi connectivity index (χ3v) is 0.0781. The van der Waals surface area contributed by atoms with Crippen molar-refractivity contribution in [3.05, 3.63) is 0 Å². The molecule has 0 unspecified atom stereocenters. The first-order valence-corrected chi connectivity index (χ1v) is 0.814. The van der Waals surface area contributed by atoms with Crippen LogP contribution >= 0.6 is 0 Å². The SMILES string of the molecule is O=C(O)OO.[BiH3].[Cu]. The van der Waals surface area contributed by atoms with E-state index in [1.165, 1.54) is 0 Å². The first-order chi connectivity index (χ1) is 2.27. The Morgan fingerprint density at radius 2 is 1.71 bits per heavy atom. The van der Waals surface area contributed by atoms with Crippen LogP contribution in [-0.4, -0.2) is 42.7 Å². The summed E-state index contributed by atoms with van der Waals surface area (Å²) in [5, 5.41) is 14.3. The van der Waals surface area contributed by atoms with Crippen molar-refractivity contribution >= 4 is 32.4 Å². The molecule has 0 saturated carbocycles. The molecule has 0 aliphatic rings. The Hall–Kier alpha value is 0.633. The first-order valence-electron chi connectivity index (χ1n) is 0.814. The molecule has 0 amide bonds. The van der Waals surface area contributed by atoms with Crippen molar-refractivity contribution in [1.29, 1.82) is 0 Å². The molecule has 0 aromatic heterocycles. The van der Waals surface area contributed by atoms with E-state index in [1.54, 1.807) is 0 Å². The summed E-state index contributed by atoms with van der Waals surface area (Å²) in [6, 6.07) is 0. The Kier molecular flexibility index (Phi) is 21.9. The van der Waals surface area contributed by atoms with Crippen molar-refractivity contribution in [1.82, 2.24) is 0 Å². The van der Waals surface area contributed by atoms with Gasteiger partial charge in [0.2, 0.25) is 0 Å². The van der Waals surface area contributed by atoms with Crippen molar-refractivity contribution in [2.24, 2.45) is 0 Å². The summed E-state index contributed by atoms with van der Waals surface area (Å²) in [7, 11) is 0. The molecule has 0 saturated heterocycles. The fourth-order valence-electron chi connectivity index (χ4n) is 0. The van der Waals surface area contributed by atoms with Gasteiger partial charge in [-0.3, -0.25) is 4.89 Å². The monoisotopic (exact) mass is 353 g/mol. The number of rotatable bonds is 0. The zero-order valence-corrected chi connectivity index (χ0v) is 9.66. The van der Waals surface area contributed by atoms with Crippen molar-refractivity contribution in [2.45, 2.75) is 0 Å². The van der Waals surface area contributed by atoms with Crippen LogP contribution in [0.5, 0.6) is 0 Å². The van der Waals surface area contributed by atoms with Gasteiger partial charge >= 0.3 is 32.4 Å². The van der Waals surface area contributed by atoms with E-state index in [2.05, 4.69) is 4.89 Å². The minimum Gasteiger partial charge on any atom is 0 e. The van der Waals surface area contributed by atoms with Crippen LogP contribution in [0.15, 0.2) is 0 Å². The zero-order valence-electron chi connectivity index (χ0n) is 3.22. The van der Waals surface area contributed by atoms with Crippen molar-refractivity contribution in [3.8, 4) is 0 Å². The maximum atomic E-state index is 8.90. The van der Waals surface area contributed by atoms with Crippen molar-refractivity contribution < 1.29 is 37.1 Å². The largest absolute Gasteiger partial charge is 0 e. The molecule has 4 nitrogen and oxygen atoms in total. The van der Waals surface area contributed by atoms with Gasteiger partial charge in [-0.2, -0.15) is 5.26 Å². The third kappa shape index (κ3) is 20.5. The molecule has 0 heterocycles. The Balaban J connectivity index is -0.0000000800. The van der Waals surface area contributed by atoms with Crippen LogP contribution in [-0.2, 0) is 22.0 Å². The first kappa shape index (κ1) is 15.6. The number of carboxylic acid groups (broad SMARTS) is 1. The summed E-state index contributed by atoms with van der Waals surface area (Å²) in [5.41, 5.74) is 0. The molecular formula is CH5BiCuO4. The zero-order chi connectivity index (χ0) is 4.28. The van der Waals surface area contributed by atoms with E-state index in [0.717, 1.165) is 0 Å². The predicted octanol–water partition coefficient (Wildman–Crippen LogP) is -1.03. The molecule has 0 aromatic carbocycles. The molecule has 1 radical (unpaired) electrons. The van der Waals surface area contributed by atoms with Gasteiger partial charge in [0.05, 0.1) is 0 Å². The van der Waals surface area contributed by atoms with Crippen LogP contribution in [0.4, 0.5) is 4.79 Å². The average molecular weight is 354 g/mol. The molecule has 0 aliphatic carbocycles. The second kappa shape index (κ2) is 9.81. The summed E-state index contributed by atoms with van der Waals surface area (Å²) >= 11 is 0. The van der Waals surface area contributed by atoms with Crippen molar-refractivity contribution in [2.75, 3.05) is 0 Å². The Bertz CT molecular complexity index is 47.0. The van der Waals surface area contributed by atoms with Gasteiger partial charge in [0.25, 0.3) is 0 Å². The molecule has 0 bridgehead atoms. The summed E-state index contributed by atoms with van der Waals surface area (Å²) in [6.45, 7) is 0. The summed E-state index contributed by atoms with van der Waals surface area (Å²) in [6.07, 6.45) is -1.69. The van der Waals surface area contributed by atoms with Crippen LogP contribution in [0, 0.1) is 0 Å². The molecule has 6 heteroatoms. The molecule has 0 aromatic rings. The predicted molar refractivity (Wildman–Crippen MR) is 21.7 cm³/mol. The summed E-state index contributed by atoms with van der Waals surface area (Å²) < 4.78 is 0.